The molecule has 1 aromatic carbocycles. The van der Waals surface area contributed by atoms with Gasteiger partial charge in [0, 0.05) is 11.4 Å². The van der Waals surface area contributed by atoms with Gasteiger partial charge in [0.15, 0.2) is 0 Å². The Kier molecular flexibility index (Phi) is 8.24. The van der Waals surface area contributed by atoms with Gasteiger partial charge in [0.25, 0.3) is 0 Å². The summed E-state index contributed by atoms with van der Waals surface area (Å²) in [6, 6.07) is 4.59. The van der Waals surface area contributed by atoms with Crippen LogP contribution in [0.15, 0.2) is 30.3 Å². The van der Waals surface area contributed by atoms with Crippen molar-refractivity contribution in [1.82, 2.24) is 0 Å². The molecule has 0 unspecified atom stereocenters. The highest BCUT2D eigenvalue weighted by Crippen LogP contribution is 2.29. The van der Waals surface area contributed by atoms with Crippen molar-refractivity contribution in [1.29, 1.82) is 0 Å². The molecule has 0 N–H and O–H groups in total. The minimum absolute atomic E-state index is 0.360. The molecule has 1 aromatic rings. The highest BCUT2D eigenvalue weighted by Gasteiger charge is 2.29. The van der Waals surface area contributed by atoms with Crippen LogP contribution < -0.4 is 0 Å². The summed E-state index contributed by atoms with van der Waals surface area (Å²) in [6.45, 7) is 0.360. The van der Waals surface area contributed by atoms with Gasteiger partial charge in [-0.3, -0.25) is 0 Å². The molecule has 0 fully saturated rings. The van der Waals surface area contributed by atoms with Crippen molar-refractivity contribution in [2.24, 2.45) is 0 Å². The minimum Gasteiger partial charge on any atom is -0.463 e. The molecule has 0 amide bonds. The van der Waals surface area contributed by atoms with Crippen molar-refractivity contribution in [2.75, 3.05) is 11.9 Å². The fourth-order valence-corrected chi connectivity index (χ4v) is 2.11. The SMILES string of the molecule is O=C(C=Cc1ccc(C(F)(F)F)cc1)OCCCCCCBr. The molecule has 22 heavy (non-hydrogen) atoms. The fraction of sp³-hybridized carbons (Fsp3) is 0.438. The Morgan fingerprint density at radius 3 is 2.32 bits per heavy atom. The highest BCUT2D eigenvalue weighted by atomic mass is 79.9. The average molecular weight is 379 g/mol. The largest absolute Gasteiger partial charge is 0.463 e. The van der Waals surface area contributed by atoms with Crippen LogP contribution in [0.4, 0.5) is 13.2 Å². The highest BCUT2D eigenvalue weighted by molar-refractivity contribution is 9.09. The third kappa shape index (κ3) is 7.64. The lowest BCUT2D eigenvalue weighted by Crippen LogP contribution is -2.04. The monoisotopic (exact) mass is 378 g/mol. The number of esters is 1. The molecule has 2 nitrogen and oxygen atoms in total. The zero-order chi connectivity index (χ0) is 16.4. The molecule has 0 aliphatic heterocycles. The first-order valence-electron chi connectivity index (χ1n) is 7.01. The van der Waals surface area contributed by atoms with E-state index < -0.39 is 17.7 Å². The zero-order valence-corrected chi connectivity index (χ0v) is 13.6. The number of rotatable bonds is 8. The Morgan fingerprint density at radius 2 is 1.73 bits per heavy atom. The number of carbonyl (C=O) groups excluding carboxylic acids is 1. The van der Waals surface area contributed by atoms with Crippen molar-refractivity contribution in [3.05, 3.63) is 41.5 Å². The van der Waals surface area contributed by atoms with Crippen LogP contribution in [0, 0.1) is 0 Å². The first kappa shape index (κ1) is 18.7. The van der Waals surface area contributed by atoms with Gasteiger partial charge in [-0.05, 0) is 36.6 Å². The summed E-state index contributed by atoms with van der Waals surface area (Å²) in [5, 5.41) is 0.975. The van der Waals surface area contributed by atoms with Crippen LogP contribution in [0.3, 0.4) is 0 Å². The average Bonchev–Trinajstić information content (AvgIpc) is 2.48. The van der Waals surface area contributed by atoms with Crippen LogP contribution >= 0.6 is 15.9 Å². The number of benzene rings is 1. The predicted octanol–water partition coefficient (Wildman–Crippen LogP) is 5.22. The van der Waals surface area contributed by atoms with Crippen molar-refractivity contribution in [3.8, 4) is 0 Å². The molecule has 0 saturated carbocycles. The van der Waals surface area contributed by atoms with Crippen LogP contribution in [0.25, 0.3) is 6.08 Å². The number of hydrogen-bond acceptors (Lipinski definition) is 2. The van der Waals surface area contributed by atoms with Gasteiger partial charge >= 0.3 is 12.1 Å². The molecule has 0 bridgehead atoms. The summed E-state index contributed by atoms with van der Waals surface area (Å²) in [7, 11) is 0. The topological polar surface area (TPSA) is 26.3 Å². The van der Waals surface area contributed by atoms with Crippen LogP contribution in [-0.2, 0) is 15.7 Å². The van der Waals surface area contributed by atoms with Crippen molar-refractivity contribution in [2.45, 2.75) is 31.9 Å². The standard InChI is InChI=1S/C16H18BrF3O2/c17-11-3-1-2-4-12-22-15(21)10-7-13-5-8-14(9-6-13)16(18,19)20/h5-10H,1-4,11-12H2. The molecule has 0 radical (unpaired) electrons. The molecule has 6 heteroatoms. The molecule has 0 spiro atoms. The summed E-state index contributed by atoms with van der Waals surface area (Å²) in [5.74, 6) is -0.486. The van der Waals surface area contributed by atoms with Crippen LogP contribution in [-0.4, -0.2) is 17.9 Å². The van der Waals surface area contributed by atoms with Gasteiger partial charge in [0.1, 0.15) is 0 Å². The van der Waals surface area contributed by atoms with E-state index >= 15 is 0 Å². The number of ether oxygens (including phenoxy) is 1. The van der Waals surface area contributed by atoms with E-state index in [-0.39, 0.29) is 0 Å². The Bertz CT molecular complexity index is 481. The molecule has 0 saturated heterocycles. The Balaban J connectivity index is 2.33. The first-order valence-corrected chi connectivity index (χ1v) is 8.13. The van der Waals surface area contributed by atoms with Gasteiger partial charge in [-0.2, -0.15) is 13.2 Å². The maximum absolute atomic E-state index is 12.4. The van der Waals surface area contributed by atoms with E-state index in [2.05, 4.69) is 15.9 Å². The van der Waals surface area contributed by atoms with E-state index in [1.807, 2.05) is 0 Å². The lowest BCUT2D eigenvalue weighted by Gasteiger charge is -2.05. The first-order chi connectivity index (χ1) is 10.4. The lowest BCUT2D eigenvalue weighted by atomic mass is 10.1. The van der Waals surface area contributed by atoms with Gasteiger partial charge in [-0.1, -0.05) is 40.9 Å². The third-order valence-electron chi connectivity index (χ3n) is 2.92. The van der Waals surface area contributed by atoms with Crippen LogP contribution in [0.1, 0.15) is 36.8 Å². The Morgan fingerprint density at radius 1 is 1.09 bits per heavy atom. The molecule has 0 heterocycles. The smallest absolute Gasteiger partial charge is 0.416 e. The summed E-state index contributed by atoms with van der Waals surface area (Å²) >= 11 is 3.34. The summed E-state index contributed by atoms with van der Waals surface area (Å²) in [6.07, 6.45) is 2.31. The van der Waals surface area contributed by atoms with E-state index in [1.165, 1.54) is 24.3 Å². The molecule has 0 aliphatic carbocycles. The quantitative estimate of drug-likeness (QED) is 0.268. The van der Waals surface area contributed by atoms with E-state index in [1.54, 1.807) is 0 Å². The summed E-state index contributed by atoms with van der Waals surface area (Å²) < 4.78 is 42.2. The van der Waals surface area contributed by atoms with Crippen LogP contribution in [0.5, 0.6) is 0 Å². The van der Waals surface area contributed by atoms with Gasteiger partial charge in [-0.15, -0.1) is 0 Å². The second-order valence-electron chi connectivity index (χ2n) is 4.72. The second-order valence-corrected chi connectivity index (χ2v) is 5.52. The maximum Gasteiger partial charge on any atom is 0.416 e. The van der Waals surface area contributed by atoms with E-state index in [9.17, 15) is 18.0 Å². The molecule has 1 rings (SSSR count). The Labute approximate surface area is 136 Å². The van der Waals surface area contributed by atoms with Gasteiger partial charge in [0.2, 0.25) is 0 Å². The van der Waals surface area contributed by atoms with Gasteiger partial charge < -0.3 is 4.74 Å². The van der Waals surface area contributed by atoms with Gasteiger partial charge in [0.05, 0.1) is 12.2 Å². The predicted molar refractivity (Wildman–Crippen MR) is 83.7 cm³/mol. The van der Waals surface area contributed by atoms with E-state index in [4.69, 9.17) is 4.74 Å². The minimum atomic E-state index is -4.35. The molecular formula is C16H18BrF3O2. The molecular weight excluding hydrogens is 361 g/mol. The Hall–Kier alpha value is -1.30. The second kappa shape index (κ2) is 9.66. The molecule has 0 aliphatic rings. The number of unbranched alkanes of at least 4 members (excludes halogenated alkanes) is 3. The molecule has 0 aromatic heterocycles. The lowest BCUT2D eigenvalue weighted by molar-refractivity contribution is -0.138. The molecule has 0 atom stereocenters. The summed E-state index contributed by atoms with van der Waals surface area (Å²) in [5.41, 5.74) is -0.196. The number of alkyl halides is 4. The number of carbonyl (C=O) groups is 1. The van der Waals surface area contributed by atoms with E-state index in [0.29, 0.717) is 12.2 Å². The van der Waals surface area contributed by atoms with Gasteiger partial charge in [-0.25, -0.2) is 4.79 Å². The summed E-state index contributed by atoms with van der Waals surface area (Å²) in [4.78, 5) is 11.4. The third-order valence-corrected chi connectivity index (χ3v) is 3.48. The van der Waals surface area contributed by atoms with Crippen molar-refractivity contribution in [3.63, 3.8) is 0 Å². The maximum atomic E-state index is 12.4. The number of halogens is 4. The fourth-order valence-electron chi connectivity index (χ4n) is 1.72. The normalized spacial score (nSPS) is 11.8. The molecule has 122 valence electrons. The van der Waals surface area contributed by atoms with E-state index in [0.717, 1.165) is 43.1 Å². The zero-order valence-electron chi connectivity index (χ0n) is 12.0. The number of hydrogen-bond donors (Lipinski definition) is 0. The van der Waals surface area contributed by atoms with Crippen molar-refractivity contribution < 1.29 is 22.7 Å². The van der Waals surface area contributed by atoms with Crippen molar-refractivity contribution >= 4 is 28.0 Å². The van der Waals surface area contributed by atoms with Crippen LogP contribution in [0.2, 0.25) is 0 Å².